The number of aryl methyl sites for hydroxylation is 2. The molecule has 0 saturated heterocycles. The van der Waals surface area contributed by atoms with Crippen molar-refractivity contribution < 1.29 is 17.9 Å². The second kappa shape index (κ2) is 8.94. The third-order valence-corrected chi connectivity index (χ3v) is 7.29. The number of carbonyl (C=O) groups is 1. The number of amides is 1. The predicted octanol–water partition coefficient (Wildman–Crippen LogP) is 4.68. The number of nitrogens with one attached hydrogen (secondary N) is 1. The lowest BCUT2D eigenvalue weighted by Crippen LogP contribution is -2.43. The standard InChI is InChI=1S/C25H27NO4S/c1-18-8-10-20(11-9-18)25(3,17-31(28,29)23-7-5-6-19(2)16-23)24(27)26-21-12-14-22(30-4)15-13-21/h5-16H,17H2,1-4H3,(H,26,27). The summed E-state index contributed by atoms with van der Waals surface area (Å²) < 4.78 is 31.7. The van der Waals surface area contributed by atoms with E-state index in [9.17, 15) is 13.2 Å². The van der Waals surface area contributed by atoms with Gasteiger partial charge in [-0.05, 0) is 68.3 Å². The molecule has 0 bridgehead atoms. The SMILES string of the molecule is COc1ccc(NC(=O)C(C)(CS(=O)(=O)c2cccc(C)c2)c2ccc(C)cc2)cc1. The van der Waals surface area contributed by atoms with Crippen LogP contribution in [0.3, 0.4) is 0 Å². The summed E-state index contributed by atoms with van der Waals surface area (Å²) in [6.45, 7) is 5.46. The van der Waals surface area contributed by atoms with Crippen LogP contribution in [-0.4, -0.2) is 27.2 Å². The highest BCUT2D eigenvalue weighted by atomic mass is 32.2. The Bertz CT molecular complexity index is 1170. The van der Waals surface area contributed by atoms with Gasteiger partial charge in [0.05, 0.1) is 23.2 Å². The molecule has 6 heteroatoms. The van der Waals surface area contributed by atoms with Crippen LogP contribution >= 0.6 is 0 Å². The second-order valence-electron chi connectivity index (χ2n) is 7.96. The molecule has 3 rings (SSSR count). The molecule has 0 aromatic heterocycles. The number of hydrogen-bond donors (Lipinski definition) is 1. The van der Waals surface area contributed by atoms with E-state index in [-0.39, 0.29) is 10.6 Å². The Balaban J connectivity index is 2.00. The quantitative estimate of drug-likeness (QED) is 0.582. The molecule has 0 heterocycles. The van der Waals surface area contributed by atoms with E-state index < -0.39 is 21.2 Å². The molecule has 1 unspecified atom stereocenters. The molecular weight excluding hydrogens is 410 g/mol. The fourth-order valence-corrected chi connectivity index (χ4v) is 5.29. The van der Waals surface area contributed by atoms with Crippen molar-refractivity contribution in [1.29, 1.82) is 0 Å². The zero-order chi connectivity index (χ0) is 22.6. The van der Waals surface area contributed by atoms with Crippen LogP contribution in [0.5, 0.6) is 5.75 Å². The maximum Gasteiger partial charge on any atom is 0.235 e. The molecule has 5 nitrogen and oxygen atoms in total. The van der Waals surface area contributed by atoms with E-state index in [1.54, 1.807) is 56.5 Å². The van der Waals surface area contributed by atoms with Gasteiger partial charge in [0.15, 0.2) is 9.84 Å². The van der Waals surface area contributed by atoms with Gasteiger partial charge in [0, 0.05) is 5.69 Å². The molecule has 0 aliphatic carbocycles. The summed E-state index contributed by atoms with van der Waals surface area (Å²) in [5.74, 6) is -0.0758. The van der Waals surface area contributed by atoms with Crippen LogP contribution < -0.4 is 10.1 Å². The molecule has 0 aliphatic rings. The lowest BCUT2D eigenvalue weighted by molar-refractivity contribution is -0.120. The lowest BCUT2D eigenvalue weighted by Gasteiger charge is -2.29. The Kier molecular flexibility index (Phi) is 6.51. The first-order chi connectivity index (χ1) is 14.6. The van der Waals surface area contributed by atoms with Crippen LogP contribution in [0, 0.1) is 13.8 Å². The third kappa shape index (κ3) is 5.14. The van der Waals surface area contributed by atoms with Gasteiger partial charge in [-0.15, -0.1) is 0 Å². The van der Waals surface area contributed by atoms with Crippen molar-refractivity contribution in [3.8, 4) is 5.75 Å². The van der Waals surface area contributed by atoms with Crippen molar-refractivity contribution in [2.75, 3.05) is 18.2 Å². The molecule has 0 fully saturated rings. The monoisotopic (exact) mass is 437 g/mol. The summed E-state index contributed by atoms with van der Waals surface area (Å²) in [5, 5.41) is 2.87. The number of ether oxygens (including phenoxy) is 1. The Morgan fingerprint density at radius 3 is 2.16 bits per heavy atom. The van der Waals surface area contributed by atoms with Crippen LogP contribution in [-0.2, 0) is 20.0 Å². The molecule has 0 aliphatic heterocycles. The molecule has 31 heavy (non-hydrogen) atoms. The number of sulfone groups is 1. The number of methoxy groups -OCH3 is 1. The zero-order valence-corrected chi connectivity index (χ0v) is 19.0. The molecule has 0 radical (unpaired) electrons. The number of hydrogen-bond acceptors (Lipinski definition) is 4. The van der Waals surface area contributed by atoms with E-state index in [0.717, 1.165) is 11.1 Å². The lowest BCUT2D eigenvalue weighted by atomic mass is 9.83. The largest absolute Gasteiger partial charge is 0.497 e. The maximum absolute atomic E-state index is 13.4. The summed E-state index contributed by atoms with van der Waals surface area (Å²) >= 11 is 0. The molecule has 1 amide bonds. The van der Waals surface area contributed by atoms with E-state index in [1.165, 1.54) is 0 Å². The summed E-state index contributed by atoms with van der Waals surface area (Å²) in [7, 11) is -2.16. The van der Waals surface area contributed by atoms with Crippen LogP contribution in [0.25, 0.3) is 0 Å². The first kappa shape index (κ1) is 22.6. The molecule has 162 valence electrons. The number of rotatable bonds is 7. The van der Waals surface area contributed by atoms with Gasteiger partial charge in [0.2, 0.25) is 5.91 Å². The van der Waals surface area contributed by atoms with Crippen molar-refractivity contribution in [2.45, 2.75) is 31.1 Å². The molecule has 1 atom stereocenters. The molecule has 0 saturated carbocycles. The summed E-state index contributed by atoms with van der Waals surface area (Å²) in [4.78, 5) is 13.7. The normalized spacial score (nSPS) is 13.3. The molecule has 1 N–H and O–H groups in total. The fourth-order valence-electron chi connectivity index (χ4n) is 3.42. The minimum absolute atomic E-state index is 0.211. The van der Waals surface area contributed by atoms with Gasteiger partial charge in [-0.2, -0.15) is 0 Å². The van der Waals surface area contributed by atoms with Crippen molar-refractivity contribution in [1.82, 2.24) is 0 Å². The molecule has 0 spiro atoms. The van der Waals surface area contributed by atoms with E-state index in [1.807, 2.05) is 44.2 Å². The van der Waals surface area contributed by atoms with Gasteiger partial charge in [-0.3, -0.25) is 4.79 Å². The van der Waals surface area contributed by atoms with E-state index in [4.69, 9.17) is 4.74 Å². The highest BCUT2D eigenvalue weighted by molar-refractivity contribution is 7.91. The Hall–Kier alpha value is -3.12. The smallest absolute Gasteiger partial charge is 0.235 e. The van der Waals surface area contributed by atoms with Gasteiger partial charge in [0.25, 0.3) is 0 Å². The summed E-state index contributed by atoms with van der Waals surface area (Å²) in [5.41, 5.74) is 1.79. The highest BCUT2D eigenvalue weighted by Gasteiger charge is 2.40. The van der Waals surface area contributed by atoms with E-state index >= 15 is 0 Å². The van der Waals surface area contributed by atoms with Crippen LogP contribution in [0.15, 0.2) is 77.7 Å². The highest BCUT2D eigenvalue weighted by Crippen LogP contribution is 2.31. The number of benzene rings is 3. The van der Waals surface area contributed by atoms with Gasteiger partial charge in [-0.25, -0.2) is 8.42 Å². The molecule has 3 aromatic rings. The van der Waals surface area contributed by atoms with Gasteiger partial charge < -0.3 is 10.1 Å². The number of carbonyl (C=O) groups excluding carboxylic acids is 1. The zero-order valence-electron chi connectivity index (χ0n) is 18.2. The summed E-state index contributed by atoms with van der Waals surface area (Å²) in [6.07, 6.45) is 0. The number of anilines is 1. The van der Waals surface area contributed by atoms with Gasteiger partial charge in [-0.1, -0.05) is 42.0 Å². The fraction of sp³-hybridized carbons (Fsp3) is 0.240. The summed E-state index contributed by atoms with van der Waals surface area (Å²) in [6, 6.07) is 21.1. The van der Waals surface area contributed by atoms with Crippen molar-refractivity contribution in [3.63, 3.8) is 0 Å². The molecule has 3 aromatic carbocycles. The second-order valence-corrected chi connectivity index (χ2v) is 9.95. The Labute approximate surface area is 184 Å². The average molecular weight is 438 g/mol. The third-order valence-electron chi connectivity index (χ3n) is 5.37. The van der Waals surface area contributed by atoms with Gasteiger partial charge >= 0.3 is 0 Å². The van der Waals surface area contributed by atoms with E-state index in [2.05, 4.69) is 5.32 Å². The minimum Gasteiger partial charge on any atom is -0.497 e. The van der Waals surface area contributed by atoms with Crippen LogP contribution in [0.1, 0.15) is 23.6 Å². The average Bonchev–Trinajstić information content (AvgIpc) is 2.74. The van der Waals surface area contributed by atoms with Crippen molar-refractivity contribution in [2.24, 2.45) is 0 Å². The Morgan fingerprint density at radius 2 is 1.58 bits per heavy atom. The van der Waals surface area contributed by atoms with Crippen LogP contribution in [0.2, 0.25) is 0 Å². The maximum atomic E-state index is 13.4. The van der Waals surface area contributed by atoms with E-state index in [0.29, 0.717) is 17.0 Å². The van der Waals surface area contributed by atoms with Crippen molar-refractivity contribution in [3.05, 3.63) is 89.5 Å². The Morgan fingerprint density at radius 1 is 0.935 bits per heavy atom. The van der Waals surface area contributed by atoms with Crippen molar-refractivity contribution >= 4 is 21.4 Å². The topological polar surface area (TPSA) is 72.5 Å². The first-order valence-corrected chi connectivity index (χ1v) is 11.6. The predicted molar refractivity (Wildman–Crippen MR) is 123 cm³/mol. The van der Waals surface area contributed by atoms with Gasteiger partial charge in [0.1, 0.15) is 5.75 Å². The molecular formula is C25H27NO4S. The van der Waals surface area contributed by atoms with Crippen LogP contribution in [0.4, 0.5) is 5.69 Å². The minimum atomic E-state index is -3.73. The first-order valence-electron chi connectivity index (χ1n) is 9.96.